The van der Waals surface area contributed by atoms with Crippen LogP contribution < -0.4 is 10.3 Å². The Balaban J connectivity index is 1.89. The minimum atomic E-state index is -0.436. The number of hydrogen-bond donors (Lipinski definition) is 0. The lowest BCUT2D eigenvalue weighted by Gasteiger charge is -2.31. The van der Waals surface area contributed by atoms with Crippen molar-refractivity contribution in [2.75, 3.05) is 13.7 Å². The zero-order valence-corrected chi connectivity index (χ0v) is 20.7. The molecule has 1 unspecified atom stereocenters. The Morgan fingerprint density at radius 3 is 2.49 bits per heavy atom. The smallest absolute Gasteiger partial charge is 0.266 e. The van der Waals surface area contributed by atoms with Crippen molar-refractivity contribution in [2.45, 2.75) is 39.7 Å². The van der Waals surface area contributed by atoms with Crippen molar-refractivity contribution in [3.05, 3.63) is 100 Å². The van der Waals surface area contributed by atoms with Crippen molar-refractivity contribution in [1.82, 2.24) is 14.5 Å². The van der Waals surface area contributed by atoms with Gasteiger partial charge in [0.05, 0.1) is 29.7 Å². The van der Waals surface area contributed by atoms with Gasteiger partial charge in [-0.25, -0.2) is 4.98 Å². The quantitative estimate of drug-likeness (QED) is 0.354. The van der Waals surface area contributed by atoms with Crippen molar-refractivity contribution in [2.24, 2.45) is 0 Å². The van der Waals surface area contributed by atoms with Gasteiger partial charge in [-0.2, -0.15) is 0 Å². The topological polar surface area (TPSA) is 64.4 Å². The molecule has 1 amide bonds. The number of ether oxygens (including phenoxy) is 1. The fraction of sp³-hybridized carbons (Fsp3) is 0.276. The number of fused-ring (bicyclic) bond motifs is 1. The second-order valence-electron chi connectivity index (χ2n) is 8.66. The van der Waals surface area contributed by atoms with Gasteiger partial charge < -0.3 is 9.64 Å². The summed E-state index contributed by atoms with van der Waals surface area (Å²) in [5.41, 5.74) is 3.18. The predicted octanol–water partition coefficient (Wildman–Crippen LogP) is 5.25. The van der Waals surface area contributed by atoms with E-state index in [4.69, 9.17) is 9.72 Å². The molecule has 1 aromatic heterocycles. The standard InChI is InChI=1S/C29H31N3O3/c1-5-27(33)31(18-17-22-11-7-6-8-12-22)21(3)28-30-24-14-10-9-13-23(24)29(34)32(28)25-19-20(2)15-16-26(25)35-4/h6-16,19,21H,5,17-18H2,1-4H3. The lowest BCUT2D eigenvalue weighted by atomic mass is 10.1. The van der Waals surface area contributed by atoms with Crippen LogP contribution in [0.3, 0.4) is 0 Å². The highest BCUT2D eigenvalue weighted by Crippen LogP contribution is 2.29. The summed E-state index contributed by atoms with van der Waals surface area (Å²) < 4.78 is 7.23. The van der Waals surface area contributed by atoms with Gasteiger partial charge in [0.1, 0.15) is 11.6 Å². The second kappa shape index (κ2) is 10.6. The van der Waals surface area contributed by atoms with E-state index in [2.05, 4.69) is 12.1 Å². The van der Waals surface area contributed by atoms with Gasteiger partial charge >= 0.3 is 0 Å². The molecule has 0 fully saturated rings. The zero-order valence-electron chi connectivity index (χ0n) is 20.7. The van der Waals surface area contributed by atoms with Gasteiger partial charge in [-0.3, -0.25) is 14.2 Å². The predicted molar refractivity (Wildman–Crippen MR) is 139 cm³/mol. The van der Waals surface area contributed by atoms with Gasteiger partial charge in [0.2, 0.25) is 5.91 Å². The largest absolute Gasteiger partial charge is 0.495 e. The van der Waals surface area contributed by atoms with Crippen LogP contribution in [0.2, 0.25) is 0 Å². The number of nitrogens with zero attached hydrogens (tertiary/aromatic N) is 3. The number of methoxy groups -OCH3 is 1. The van der Waals surface area contributed by atoms with Crippen LogP contribution in [0.15, 0.2) is 77.6 Å². The van der Waals surface area contributed by atoms with Crippen LogP contribution in [-0.2, 0) is 11.2 Å². The molecule has 0 bridgehead atoms. The molecule has 4 aromatic rings. The number of rotatable bonds is 8. The minimum absolute atomic E-state index is 0.0126. The van der Waals surface area contributed by atoms with Crippen molar-refractivity contribution < 1.29 is 9.53 Å². The van der Waals surface area contributed by atoms with E-state index >= 15 is 0 Å². The molecule has 6 heteroatoms. The van der Waals surface area contributed by atoms with Gasteiger partial charge in [0.25, 0.3) is 5.56 Å². The lowest BCUT2D eigenvalue weighted by molar-refractivity contribution is -0.133. The van der Waals surface area contributed by atoms with Crippen LogP contribution >= 0.6 is 0 Å². The molecule has 0 N–H and O–H groups in total. The molecule has 0 aliphatic rings. The van der Waals surface area contributed by atoms with E-state index in [1.54, 1.807) is 17.7 Å². The normalized spacial score (nSPS) is 11.9. The van der Waals surface area contributed by atoms with Crippen LogP contribution in [0.4, 0.5) is 0 Å². The highest BCUT2D eigenvalue weighted by Gasteiger charge is 2.27. The van der Waals surface area contributed by atoms with Crippen molar-refractivity contribution in [3.8, 4) is 11.4 Å². The first kappa shape index (κ1) is 24.2. The Hall–Kier alpha value is -3.93. The number of amides is 1. The summed E-state index contributed by atoms with van der Waals surface area (Å²) >= 11 is 0. The SMILES string of the molecule is CCC(=O)N(CCc1ccccc1)C(C)c1nc2ccccc2c(=O)n1-c1cc(C)ccc1OC. The first-order chi connectivity index (χ1) is 16.9. The molecule has 1 atom stereocenters. The van der Waals surface area contributed by atoms with Crippen LogP contribution in [-0.4, -0.2) is 34.0 Å². The van der Waals surface area contributed by atoms with E-state index in [1.807, 2.05) is 80.3 Å². The van der Waals surface area contributed by atoms with Gasteiger partial charge in [-0.15, -0.1) is 0 Å². The molecule has 0 saturated heterocycles. The van der Waals surface area contributed by atoms with E-state index in [1.165, 1.54) is 0 Å². The van der Waals surface area contributed by atoms with Crippen LogP contribution in [0, 0.1) is 6.92 Å². The van der Waals surface area contributed by atoms with Gasteiger partial charge in [-0.05, 0) is 55.7 Å². The van der Waals surface area contributed by atoms with E-state index in [0.717, 1.165) is 11.1 Å². The summed E-state index contributed by atoms with van der Waals surface area (Å²) in [6.07, 6.45) is 1.08. The third kappa shape index (κ3) is 4.97. The number of aromatic nitrogens is 2. The number of benzene rings is 3. The third-order valence-electron chi connectivity index (χ3n) is 6.33. The number of aryl methyl sites for hydroxylation is 1. The summed E-state index contributed by atoms with van der Waals surface area (Å²) in [5, 5.41) is 0.518. The first-order valence-electron chi connectivity index (χ1n) is 11.9. The molecule has 0 saturated carbocycles. The van der Waals surface area contributed by atoms with Crippen molar-refractivity contribution >= 4 is 16.8 Å². The highest BCUT2D eigenvalue weighted by atomic mass is 16.5. The molecule has 1 heterocycles. The van der Waals surface area contributed by atoms with E-state index in [9.17, 15) is 9.59 Å². The third-order valence-corrected chi connectivity index (χ3v) is 6.33. The molecule has 4 rings (SSSR count). The van der Waals surface area contributed by atoms with E-state index < -0.39 is 6.04 Å². The summed E-state index contributed by atoms with van der Waals surface area (Å²) in [4.78, 5) is 33.7. The number of para-hydroxylation sites is 1. The number of carbonyl (C=O) groups excluding carboxylic acids is 1. The molecule has 6 nitrogen and oxygen atoms in total. The Morgan fingerprint density at radius 1 is 1.06 bits per heavy atom. The Kier molecular flexibility index (Phi) is 7.30. The van der Waals surface area contributed by atoms with Crippen molar-refractivity contribution in [3.63, 3.8) is 0 Å². The fourth-order valence-electron chi connectivity index (χ4n) is 4.41. The lowest BCUT2D eigenvalue weighted by Crippen LogP contribution is -2.38. The van der Waals surface area contributed by atoms with Crippen molar-refractivity contribution in [1.29, 1.82) is 0 Å². The van der Waals surface area contributed by atoms with Crippen LogP contribution in [0.25, 0.3) is 16.6 Å². The fourth-order valence-corrected chi connectivity index (χ4v) is 4.41. The molecule has 0 aliphatic heterocycles. The zero-order chi connectivity index (χ0) is 24.9. The highest BCUT2D eigenvalue weighted by molar-refractivity contribution is 5.79. The average Bonchev–Trinajstić information content (AvgIpc) is 2.89. The van der Waals surface area contributed by atoms with E-state index in [0.29, 0.717) is 47.6 Å². The van der Waals surface area contributed by atoms with Gasteiger partial charge in [0, 0.05) is 13.0 Å². The van der Waals surface area contributed by atoms with E-state index in [-0.39, 0.29) is 11.5 Å². The Bertz CT molecular complexity index is 1400. The van der Waals surface area contributed by atoms with Gasteiger partial charge in [-0.1, -0.05) is 55.5 Å². The maximum Gasteiger partial charge on any atom is 0.266 e. The Labute approximate surface area is 205 Å². The maximum atomic E-state index is 13.8. The molecule has 180 valence electrons. The molecule has 0 radical (unpaired) electrons. The number of hydrogen-bond acceptors (Lipinski definition) is 4. The molecular formula is C29H31N3O3. The first-order valence-corrected chi connectivity index (χ1v) is 11.9. The summed E-state index contributed by atoms with van der Waals surface area (Å²) in [7, 11) is 1.59. The Morgan fingerprint density at radius 2 is 1.77 bits per heavy atom. The molecule has 3 aromatic carbocycles. The molecule has 0 spiro atoms. The second-order valence-corrected chi connectivity index (χ2v) is 8.66. The minimum Gasteiger partial charge on any atom is -0.495 e. The number of carbonyl (C=O) groups is 1. The summed E-state index contributed by atoms with van der Waals surface area (Å²) in [6, 6.07) is 22.7. The maximum absolute atomic E-state index is 13.8. The summed E-state index contributed by atoms with van der Waals surface area (Å²) in [5.74, 6) is 1.09. The monoisotopic (exact) mass is 469 g/mol. The summed E-state index contributed by atoms with van der Waals surface area (Å²) in [6.45, 7) is 6.28. The molecule has 35 heavy (non-hydrogen) atoms. The average molecular weight is 470 g/mol. The van der Waals surface area contributed by atoms with Crippen LogP contribution in [0.1, 0.15) is 43.3 Å². The molecule has 0 aliphatic carbocycles. The van der Waals surface area contributed by atoms with Gasteiger partial charge in [0.15, 0.2) is 0 Å². The van der Waals surface area contributed by atoms with Crippen LogP contribution in [0.5, 0.6) is 5.75 Å². The molecular weight excluding hydrogens is 438 g/mol.